The number of hydrogen-bond donors (Lipinski definition) is 1. The first kappa shape index (κ1) is 7.35. The van der Waals surface area contributed by atoms with Gasteiger partial charge in [0.15, 0.2) is 0 Å². The van der Waals surface area contributed by atoms with Gasteiger partial charge in [0, 0.05) is 5.92 Å². The van der Waals surface area contributed by atoms with Crippen LogP contribution in [0.2, 0.25) is 0 Å². The maximum Gasteiger partial charge on any atom is 0.0659 e. The quantitative estimate of drug-likeness (QED) is 0.526. The molecule has 0 aromatic rings. The monoisotopic (exact) mass is 152 g/mol. The molecule has 3 aliphatic carbocycles. The third-order valence-electron chi connectivity index (χ3n) is 3.53. The maximum absolute atomic E-state index is 9.88. The summed E-state index contributed by atoms with van der Waals surface area (Å²) in [6.45, 7) is 4.36. The summed E-state index contributed by atoms with van der Waals surface area (Å²) in [5, 5.41) is 9.88. The van der Waals surface area contributed by atoms with Crippen LogP contribution in [0.25, 0.3) is 0 Å². The van der Waals surface area contributed by atoms with Crippen LogP contribution in [0.4, 0.5) is 0 Å². The molecule has 1 fully saturated rings. The van der Waals surface area contributed by atoms with Crippen LogP contribution in [0.15, 0.2) is 12.2 Å². The van der Waals surface area contributed by atoms with Crippen LogP contribution >= 0.6 is 0 Å². The Morgan fingerprint density at radius 2 is 2.00 bits per heavy atom. The fourth-order valence-corrected chi connectivity index (χ4v) is 2.50. The average Bonchev–Trinajstić information content (AvgIpc) is 2.01. The number of aliphatic hydroxyl groups excluding tert-OH is 1. The van der Waals surface area contributed by atoms with Gasteiger partial charge in [0.05, 0.1) is 6.10 Å². The van der Waals surface area contributed by atoms with E-state index >= 15 is 0 Å². The van der Waals surface area contributed by atoms with Crippen molar-refractivity contribution in [3.63, 3.8) is 0 Å². The van der Waals surface area contributed by atoms with Crippen molar-refractivity contribution in [3.05, 3.63) is 12.2 Å². The lowest BCUT2D eigenvalue weighted by Crippen LogP contribution is -2.47. The fourth-order valence-electron chi connectivity index (χ4n) is 2.50. The Labute approximate surface area is 68.1 Å². The van der Waals surface area contributed by atoms with Gasteiger partial charge in [-0.2, -0.15) is 0 Å². The molecule has 1 heteroatoms. The van der Waals surface area contributed by atoms with E-state index in [0.717, 1.165) is 0 Å². The highest BCUT2D eigenvalue weighted by Crippen LogP contribution is 2.48. The molecule has 0 unspecified atom stereocenters. The van der Waals surface area contributed by atoms with Gasteiger partial charge in [0.2, 0.25) is 0 Å². The van der Waals surface area contributed by atoms with Crippen LogP contribution in [0.1, 0.15) is 26.7 Å². The standard InChI is InChI=1S/C10H16O/c1-10(2)8-5-3-7(4-6-8)9(10)11/h3,5,7-9,11H,4,6H2,1-2H3/t7-,8+,9+/m1/s1. The summed E-state index contributed by atoms with van der Waals surface area (Å²) >= 11 is 0. The van der Waals surface area contributed by atoms with E-state index in [-0.39, 0.29) is 11.5 Å². The fraction of sp³-hybridized carbons (Fsp3) is 0.800. The van der Waals surface area contributed by atoms with E-state index in [1.165, 1.54) is 12.8 Å². The van der Waals surface area contributed by atoms with Crippen molar-refractivity contribution in [2.75, 3.05) is 0 Å². The Hall–Kier alpha value is -0.300. The van der Waals surface area contributed by atoms with Gasteiger partial charge in [0.1, 0.15) is 0 Å². The van der Waals surface area contributed by atoms with E-state index in [1.54, 1.807) is 0 Å². The number of fused-ring (bicyclic) bond motifs is 2. The molecule has 2 bridgehead atoms. The highest BCUT2D eigenvalue weighted by molar-refractivity contribution is 5.13. The van der Waals surface area contributed by atoms with Crippen LogP contribution in [0.5, 0.6) is 0 Å². The molecule has 0 aromatic heterocycles. The van der Waals surface area contributed by atoms with Gasteiger partial charge in [0.25, 0.3) is 0 Å². The lowest BCUT2D eigenvalue weighted by Gasteiger charge is -2.48. The van der Waals surface area contributed by atoms with E-state index in [1.807, 2.05) is 0 Å². The molecule has 0 aromatic carbocycles. The van der Waals surface area contributed by atoms with E-state index in [0.29, 0.717) is 11.8 Å². The molecule has 62 valence electrons. The summed E-state index contributed by atoms with van der Waals surface area (Å²) in [4.78, 5) is 0. The smallest absolute Gasteiger partial charge is 0.0659 e. The van der Waals surface area contributed by atoms with Gasteiger partial charge in [-0.15, -0.1) is 0 Å². The van der Waals surface area contributed by atoms with Crippen molar-refractivity contribution in [1.82, 2.24) is 0 Å². The minimum Gasteiger partial charge on any atom is -0.392 e. The first-order valence-electron chi connectivity index (χ1n) is 4.49. The van der Waals surface area contributed by atoms with Crippen molar-refractivity contribution in [2.24, 2.45) is 17.3 Å². The Balaban J connectivity index is 2.34. The summed E-state index contributed by atoms with van der Waals surface area (Å²) in [5.41, 5.74) is 0.123. The molecule has 0 aliphatic heterocycles. The van der Waals surface area contributed by atoms with Crippen LogP contribution in [-0.4, -0.2) is 11.2 Å². The summed E-state index contributed by atoms with van der Waals surface area (Å²) in [7, 11) is 0. The lowest BCUT2D eigenvalue weighted by atomic mass is 9.59. The number of aliphatic hydroxyl groups is 1. The zero-order valence-electron chi connectivity index (χ0n) is 7.25. The highest BCUT2D eigenvalue weighted by Gasteiger charge is 2.45. The Morgan fingerprint density at radius 1 is 1.27 bits per heavy atom. The third kappa shape index (κ3) is 0.871. The maximum atomic E-state index is 9.88. The van der Waals surface area contributed by atoms with E-state index in [2.05, 4.69) is 26.0 Å². The second-order valence-electron chi connectivity index (χ2n) is 4.50. The largest absolute Gasteiger partial charge is 0.392 e. The van der Waals surface area contributed by atoms with Gasteiger partial charge in [-0.1, -0.05) is 26.0 Å². The molecule has 11 heavy (non-hydrogen) atoms. The zero-order valence-corrected chi connectivity index (χ0v) is 7.25. The van der Waals surface area contributed by atoms with Gasteiger partial charge >= 0.3 is 0 Å². The molecule has 0 spiro atoms. The normalized spacial score (nSPS) is 46.3. The molecular formula is C10H16O. The number of allylic oxidation sites excluding steroid dienone is 1. The molecule has 0 saturated heterocycles. The summed E-state index contributed by atoms with van der Waals surface area (Å²) in [6, 6.07) is 0. The molecule has 0 heterocycles. The first-order valence-corrected chi connectivity index (χ1v) is 4.49. The molecule has 3 rings (SSSR count). The second kappa shape index (κ2) is 2.10. The SMILES string of the molecule is CC1(C)[C@H]2C=C[C@H](CC2)[C@@H]1O. The minimum atomic E-state index is -0.105. The summed E-state index contributed by atoms with van der Waals surface area (Å²) < 4.78 is 0. The second-order valence-corrected chi connectivity index (χ2v) is 4.50. The first-order chi connectivity index (χ1) is 5.12. The third-order valence-corrected chi connectivity index (χ3v) is 3.53. The van der Waals surface area contributed by atoms with Gasteiger partial charge in [-0.05, 0) is 24.2 Å². The van der Waals surface area contributed by atoms with Gasteiger partial charge < -0.3 is 5.11 Å². The van der Waals surface area contributed by atoms with E-state index in [9.17, 15) is 5.11 Å². The summed E-state index contributed by atoms with van der Waals surface area (Å²) in [6.07, 6.45) is 6.84. The Kier molecular flexibility index (Phi) is 1.40. The molecule has 1 N–H and O–H groups in total. The molecule has 1 nitrogen and oxygen atoms in total. The molecular weight excluding hydrogens is 136 g/mol. The Bertz CT molecular complexity index is 193. The number of rotatable bonds is 0. The Morgan fingerprint density at radius 3 is 2.27 bits per heavy atom. The topological polar surface area (TPSA) is 20.2 Å². The van der Waals surface area contributed by atoms with E-state index < -0.39 is 0 Å². The van der Waals surface area contributed by atoms with Crippen molar-refractivity contribution in [3.8, 4) is 0 Å². The predicted octanol–water partition coefficient (Wildman–Crippen LogP) is 1.97. The van der Waals surface area contributed by atoms with Gasteiger partial charge in [-0.3, -0.25) is 0 Å². The molecule has 1 saturated carbocycles. The molecule has 3 atom stereocenters. The summed E-state index contributed by atoms with van der Waals surface area (Å²) in [5.74, 6) is 1.05. The predicted molar refractivity (Wildman–Crippen MR) is 45.1 cm³/mol. The van der Waals surface area contributed by atoms with Gasteiger partial charge in [-0.25, -0.2) is 0 Å². The van der Waals surface area contributed by atoms with Crippen molar-refractivity contribution < 1.29 is 5.11 Å². The van der Waals surface area contributed by atoms with E-state index in [4.69, 9.17) is 0 Å². The molecule has 3 aliphatic rings. The van der Waals surface area contributed by atoms with Crippen LogP contribution in [0, 0.1) is 17.3 Å². The zero-order chi connectivity index (χ0) is 8.06. The highest BCUT2D eigenvalue weighted by atomic mass is 16.3. The minimum absolute atomic E-state index is 0.105. The van der Waals surface area contributed by atoms with Crippen LogP contribution in [-0.2, 0) is 0 Å². The van der Waals surface area contributed by atoms with Crippen LogP contribution < -0.4 is 0 Å². The number of hydrogen-bond acceptors (Lipinski definition) is 1. The average molecular weight is 152 g/mol. The molecule has 0 radical (unpaired) electrons. The van der Waals surface area contributed by atoms with Crippen LogP contribution in [0.3, 0.4) is 0 Å². The van der Waals surface area contributed by atoms with Crippen molar-refractivity contribution in [2.45, 2.75) is 32.8 Å². The molecule has 0 amide bonds. The lowest BCUT2D eigenvalue weighted by molar-refractivity contribution is -0.0504. The van der Waals surface area contributed by atoms with Crippen molar-refractivity contribution >= 4 is 0 Å². The van der Waals surface area contributed by atoms with Crippen molar-refractivity contribution in [1.29, 1.82) is 0 Å².